The van der Waals surface area contributed by atoms with Gasteiger partial charge in [0.15, 0.2) is 0 Å². The molecule has 0 unspecified atom stereocenters. The Morgan fingerprint density at radius 2 is 1.96 bits per heavy atom. The largest absolute Gasteiger partial charge is 0.462 e. The number of anilines is 1. The van der Waals surface area contributed by atoms with Crippen LogP contribution in [-0.4, -0.2) is 24.0 Å². The van der Waals surface area contributed by atoms with Crippen molar-refractivity contribution in [1.82, 2.24) is 5.32 Å². The molecule has 0 fully saturated rings. The number of rotatable bonds is 4. The van der Waals surface area contributed by atoms with E-state index in [4.69, 9.17) is 4.74 Å². The zero-order valence-electron chi connectivity index (χ0n) is 17.4. The van der Waals surface area contributed by atoms with E-state index in [0.29, 0.717) is 29.2 Å². The van der Waals surface area contributed by atoms with Crippen molar-refractivity contribution in [3.63, 3.8) is 0 Å². The third-order valence-corrected chi connectivity index (χ3v) is 6.30. The average Bonchev–Trinajstić information content (AvgIpc) is 2.92. The van der Waals surface area contributed by atoms with Crippen molar-refractivity contribution in [2.24, 2.45) is 0 Å². The molecule has 150 valence electrons. The number of esters is 1. The zero-order valence-corrected chi connectivity index (χ0v) is 18.2. The molecule has 2 N–H and O–H groups in total. The van der Waals surface area contributed by atoms with Gasteiger partial charge in [0.1, 0.15) is 5.00 Å². The van der Waals surface area contributed by atoms with E-state index < -0.39 is 0 Å². The van der Waals surface area contributed by atoms with Crippen molar-refractivity contribution in [2.75, 3.05) is 11.9 Å². The summed E-state index contributed by atoms with van der Waals surface area (Å²) in [5, 5.41) is 7.16. The van der Waals surface area contributed by atoms with Crippen LogP contribution in [0.15, 0.2) is 24.3 Å². The van der Waals surface area contributed by atoms with Gasteiger partial charge in [-0.3, -0.25) is 4.79 Å². The molecule has 2 heterocycles. The number of aryl methyl sites for hydroxylation is 1. The molecule has 3 rings (SSSR count). The Balaban J connectivity index is 2.07. The van der Waals surface area contributed by atoms with E-state index >= 15 is 0 Å². The minimum Gasteiger partial charge on any atom is -0.462 e. The molecule has 28 heavy (non-hydrogen) atoms. The fourth-order valence-corrected chi connectivity index (χ4v) is 5.26. The Bertz CT molecular complexity index is 928. The third-order valence-electron chi connectivity index (χ3n) is 4.83. The predicted molar refractivity (Wildman–Crippen MR) is 113 cm³/mol. The Morgan fingerprint density at radius 3 is 2.61 bits per heavy atom. The highest BCUT2D eigenvalue weighted by atomic mass is 32.1. The van der Waals surface area contributed by atoms with Gasteiger partial charge in [0, 0.05) is 21.5 Å². The van der Waals surface area contributed by atoms with Crippen molar-refractivity contribution in [2.45, 2.75) is 59.0 Å². The molecule has 0 atom stereocenters. The number of amides is 1. The summed E-state index contributed by atoms with van der Waals surface area (Å²) < 4.78 is 5.33. The van der Waals surface area contributed by atoms with Crippen molar-refractivity contribution < 1.29 is 14.3 Å². The minimum atomic E-state index is -0.381. The number of ether oxygens (including phenoxy) is 1. The maximum absolute atomic E-state index is 12.8. The molecule has 0 radical (unpaired) electrons. The van der Waals surface area contributed by atoms with E-state index in [1.54, 1.807) is 13.0 Å². The average molecular weight is 401 g/mol. The first-order chi connectivity index (χ1) is 13.0. The standard InChI is InChI=1S/C22H28N2O3S/c1-7-27-20(26)16-15-12-21(3,4)24-22(5,6)17(15)28-19(16)23-18(25)14-10-8-9-13(2)11-14/h8-11,24H,7,12H2,1-6H3,(H,23,25). The third kappa shape index (κ3) is 3.98. The van der Waals surface area contributed by atoms with Crippen LogP contribution in [0.4, 0.5) is 5.00 Å². The van der Waals surface area contributed by atoms with Crippen molar-refractivity contribution in [3.8, 4) is 0 Å². The van der Waals surface area contributed by atoms with Crippen molar-refractivity contribution >= 4 is 28.2 Å². The molecule has 0 aliphatic carbocycles. The van der Waals surface area contributed by atoms with Crippen LogP contribution in [-0.2, 0) is 16.7 Å². The number of hydrogen-bond acceptors (Lipinski definition) is 5. The first kappa shape index (κ1) is 20.6. The molecule has 1 aliphatic rings. The maximum Gasteiger partial charge on any atom is 0.341 e. The molecule has 1 aliphatic heterocycles. The number of fused-ring (bicyclic) bond motifs is 1. The first-order valence-corrected chi connectivity index (χ1v) is 10.4. The van der Waals surface area contributed by atoms with Crippen LogP contribution in [0.3, 0.4) is 0 Å². The summed E-state index contributed by atoms with van der Waals surface area (Å²) >= 11 is 1.46. The molecule has 0 saturated heterocycles. The van der Waals surface area contributed by atoms with Crippen LogP contribution >= 0.6 is 11.3 Å². The molecular formula is C22H28N2O3S. The van der Waals surface area contributed by atoms with Crippen molar-refractivity contribution in [3.05, 3.63) is 51.4 Å². The van der Waals surface area contributed by atoms with Gasteiger partial charge in [0.25, 0.3) is 5.91 Å². The van der Waals surface area contributed by atoms with Gasteiger partial charge in [0.2, 0.25) is 0 Å². The van der Waals surface area contributed by atoms with Crippen molar-refractivity contribution in [1.29, 1.82) is 0 Å². The van der Waals surface area contributed by atoms with Gasteiger partial charge in [-0.15, -0.1) is 11.3 Å². The number of benzene rings is 1. The predicted octanol–water partition coefficient (Wildman–Crippen LogP) is 4.64. The molecule has 1 amide bonds. The van der Waals surface area contributed by atoms with Gasteiger partial charge in [-0.05, 0) is 65.7 Å². The van der Waals surface area contributed by atoms with Crippen LogP contribution in [0.25, 0.3) is 0 Å². The van der Waals surface area contributed by atoms with Crippen LogP contribution in [0, 0.1) is 6.92 Å². The van der Waals surface area contributed by atoms with E-state index in [1.807, 2.05) is 25.1 Å². The van der Waals surface area contributed by atoms with Gasteiger partial charge in [-0.2, -0.15) is 0 Å². The normalized spacial score (nSPS) is 16.9. The monoisotopic (exact) mass is 400 g/mol. The molecule has 2 aromatic rings. The lowest BCUT2D eigenvalue weighted by atomic mass is 9.81. The van der Waals surface area contributed by atoms with Crippen LogP contribution < -0.4 is 10.6 Å². The Labute approximate surface area is 170 Å². The van der Waals surface area contributed by atoms with E-state index in [-0.39, 0.29) is 23.0 Å². The Hall–Kier alpha value is -2.18. The topological polar surface area (TPSA) is 67.4 Å². The summed E-state index contributed by atoms with van der Waals surface area (Å²) in [7, 11) is 0. The highest BCUT2D eigenvalue weighted by molar-refractivity contribution is 7.17. The van der Waals surface area contributed by atoms with E-state index in [1.165, 1.54) is 11.3 Å². The fourth-order valence-electron chi connectivity index (χ4n) is 4.00. The summed E-state index contributed by atoms with van der Waals surface area (Å²) in [6.45, 7) is 12.5. The zero-order chi connectivity index (χ0) is 20.7. The summed E-state index contributed by atoms with van der Waals surface area (Å²) in [6.07, 6.45) is 0.691. The van der Waals surface area contributed by atoms with E-state index in [9.17, 15) is 9.59 Å². The number of hydrogen-bond donors (Lipinski definition) is 2. The number of carbonyl (C=O) groups is 2. The number of thiophene rings is 1. The second-order valence-corrected chi connectivity index (χ2v) is 9.49. The summed E-state index contributed by atoms with van der Waals surface area (Å²) in [6, 6.07) is 7.41. The maximum atomic E-state index is 12.8. The van der Waals surface area contributed by atoms with Gasteiger partial charge in [-0.25, -0.2) is 4.79 Å². The summed E-state index contributed by atoms with van der Waals surface area (Å²) in [4.78, 5) is 26.7. The van der Waals surface area contributed by atoms with Gasteiger partial charge >= 0.3 is 5.97 Å². The van der Waals surface area contributed by atoms with E-state index in [2.05, 4.69) is 38.3 Å². The lowest BCUT2D eigenvalue weighted by molar-refractivity contribution is 0.0526. The summed E-state index contributed by atoms with van der Waals surface area (Å²) in [5.74, 6) is -0.606. The van der Waals surface area contributed by atoms with Gasteiger partial charge in [0.05, 0.1) is 12.2 Å². The highest BCUT2D eigenvalue weighted by Gasteiger charge is 2.42. The molecule has 1 aromatic carbocycles. The van der Waals surface area contributed by atoms with Crippen LogP contribution in [0.1, 0.15) is 71.3 Å². The molecule has 5 nitrogen and oxygen atoms in total. The summed E-state index contributed by atoms with van der Waals surface area (Å²) in [5.41, 5.74) is 2.56. The molecule has 0 bridgehead atoms. The molecule has 0 spiro atoms. The molecular weight excluding hydrogens is 372 g/mol. The Kier molecular flexibility index (Phi) is 5.38. The number of nitrogens with one attached hydrogen (secondary N) is 2. The SMILES string of the molecule is CCOC(=O)c1c(NC(=O)c2cccc(C)c2)sc2c1CC(C)(C)NC2(C)C. The second kappa shape index (κ2) is 7.33. The quantitative estimate of drug-likeness (QED) is 0.734. The fraction of sp³-hybridized carbons (Fsp3) is 0.455. The van der Waals surface area contributed by atoms with Gasteiger partial charge < -0.3 is 15.4 Å². The lowest BCUT2D eigenvalue weighted by Gasteiger charge is -2.42. The smallest absolute Gasteiger partial charge is 0.341 e. The van der Waals surface area contributed by atoms with E-state index in [0.717, 1.165) is 16.0 Å². The first-order valence-electron chi connectivity index (χ1n) is 9.54. The van der Waals surface area contributed by atoms with Crippen LogP contribution in [0.5, 0.6) is 0 Å². The molecule has 6 heteroatoms. The second-order valence-electron chi connectivity index (χ2n) is 8.47. The Morgan fingerprint density at radius 1 is 1.25 bits per heavy atom. The highest BCUT2D eigenvalue weighted by Crippen LogP contribution is 2.45. The lowest BCUT2D eigenvalue weighted by Crippen LogP contribution is -2.55. The van der Waals surface area contributed by atoms with Gasteiger partial charge in [-0.1, -0.05) is 17.7 Å². The number of carbonyl (C=O) groups excluding carboxylic acids is 2. The molecule has 1 aromatic heterocycles. The molecule has 0 saturated carbocycles. The minimum absolute atomic E-state index is 0.170. The van der Waals surface area contributed by atoms with Crippen LogP contribution in [0.2, 0.25) is 0 Å².